The van der Waals surface area contributed by atoms with Gasteiger partial charge in [0.1, 0.15) is 5.75 Å². The molecule has 1 fully saturated rings. The molecule has 2 aromatic carbocycles. The largest absolute Gasteiger partial charge is 0.493 e. The molecule has 0 N–H and O–H groups in total. The Kier molecular flexibility index (Phi) is 14.2. The molecule has 1 unspecified atom stereocenters. The molecule has 0 radical (unpaired) electrons. The first kappa shape index (κ1) is 29.8. The van der Waals surface area contributed by atoms with Gasteiger partial charge in [0.05, 0.1) is 6.61 Å². The molecule has 3 rings (SSSR count). The third kappa shape index (κ3) is 11.3. The van der Waals surface area contributed by atoms with E-state index in [9.17, 15) is 0 Å². The van der Waals surface area contributed by atoms with Crippen molar-refractivity contribution in [2.75, 3.05) is 6.61 Å². The Morgan fingerprint density at radius 1 is 0.649 bits per heavy atom. The number of hydrogen-bond acceptors (Lipinski definition) is 1. The van der Waals surface area contributed by atoms with Crippen molar-refractivity contribution in [1.29, 1.82) is 0 Å². The minimum absolute atomic E-state index is 0.624. The molecule has 1 aliphatic rings. The Morgan fingerprint density at radius 3 is 1.81 bits per heavy atom. The van der Waals surface area contributed by atoms with Gasteiger partial charge < -0.3 is 4.74 Å². The van der Waals surface area contributed by atoms with Crippen molar-refractivity contribution in [1.82, 2.24) is 0 Å². The summed E-state index contributed by atoms with van der Waals surface area (Å²) in [6.07, 6.45) is 23.8. The zero-order chi connectivity index (χ0) is 26.1. The van der Waals surface area contributed by atoms with Crippen LogP contribution in [0.15, 0.2) is 48.5 Å². The summed E-state index contributed by atoms with van der Waals surface area (Å²) in [6.45, 7) is 7.69. The van der Waals surface area contributed by atoms with E-state index in [1.807, 2.05) is 0 Å². The quantitative estimate of drug-likeness (QED) is 0.183. The fourth-order valence-corrected chi connectivity index (χ4v) is 6.11. The molecule has 2 aromatic rings. The maximum Gasteiger partial charge on any atom is 0.119 e. The lowest BCUT2D eigenvalue weighted by Gasteiger charge is -2.29. The van der Waals surface area contributed by atoms with E-state index in [1.165, 1.54) is 120 Å². The summed E-state index contributed by atoms with van der Waals surface area (Å²) in [4.78, 5) is 0. The lowest BCUT2D eigenvalue weighted by molar-refractivity contribution is 0.249. The molecule has 0 saturated heterocycles. The predicted octanol–water partition coefficient (Wildman–Crippen LogP) is 11.8. The van der Waals surface area contributed by atoms with Crippen LogP contribution in [-0.4, -0.2) is 6.61 Å². The van der Waals surface area contributed by atoms with E-state index in [0.717, 1.165) is 24.2 Å². The van der Waals surface area contributed by atoms with Crippen LogP contribution in [0.4, 0.5) is 0 Å². The molecule has 1 atom stereocenters. The maximum atomic E-state index is 6.05. The highest BCUT2D eigenvalue weighted by molar-refractivity contribution is 5.64. The molecule has 1 heteroatoms. The van der Waals surface area contributed by atoms with E-state index in [1.54, 1.807) is 5.56 Å². The van der Waals surface area contributed by atoms with Gasteiger partial charge in [0.15, 0.2) is 0 Å². The summed E-state index contributed by atoms with van der Waals surface area (Å²) in [7, 11) is 0. The van der Waals surface area contributed by atoms with E-state index >= 15 is 0 Å². The smallest absolute Gasteiger partial charge is 0.119 e. The third-order valence-corrected chi connectivity index (χ3v) is 8.72. The highest BCUT2D eigenvalue weighted by Crippen LogP contribution is 2.38. The van der Waals surface area contributed by atoms with Crippen LogP contribution >= 0.6 is 0 Å². The standard InChI is InChI=1S/C36H56O/c1-4-6-8-9-10-11-12-14-16-31-17-19-32(20-18-31)33-21-23-34(24-22-33)35-25-27-36(28-26-35)37-29-30(3)15-13-7-5-2/h21-28,30-32H,4-20,29H2,1-3H3. The zero-order valence-electron chi connectivity index (χ0n) is 24.5. The van der Waals surface area contributed by atoms with Crippen molar-refractivity contribution >= 4 is 0 Å². The summed E-state index contributed by atoms with van der Waals surface area (Å²) in [5.41, 5.74) is 4.14. The van der Waals surface area contributed by atoms with Gasteiger partial charge in [0.25, 0.3) is 0 Å². The summed E-state index contributed by atoms with van der Waals surface area (Å²) in [6, 6.07) is 18.1. The van der Waals surface area contributed by atoms with Gasteiger partial charge in [-0.1, -0.05) is 134 Å². The van der Waals surface area contributed by atoms with Crippen LogP contribution < -0.4 is 4.74 Å². The lowest BCUT2D eigenvalue weighted by Crippen LogP contribution is -2.13. The van der Waals surface area contributed by atoms with E-state index in [2.05, 4.69) is 69.3 Å². The summed E-state index contributed by atoms with van der Waals surface area (Å²) < 4.78 is 6.05. The Labute approximate surface area is 229 Å². The van der Waals surface area contributed by atoms with Gasteiger partial charge in [0, 0.05) is 0 Å². The van der Waals surface area contributed by atoms with Crippen molar-refractivity contribution in [3.63, 3.8) is 0 Å². The molecular formula is C36H56O. The van der Waals surface area contributed by atoms with Gasteiger partial charge in [-0.2, -0.15) is 0 Å². The summed E-state index contributed by atoms with van der Waals surface area (Å²) >= 11 is 0. The van der Waals surface area contributed by atoms with Crippen molar-refractivity contribution in [2.24, 2.45) is 11.8 Å². The summed E-state index contributed by atoms with van der Waals surface area (Å²) in [5, 5.41) is 0. The van der Waals surface area contributed by atoms with E-state index < -0.39 is 0 Å². The molecule has 0 aliphatic heterocycles. The average Bonchev–Trinajstić information content (AvgIpc) is 2.94. The molecule has 0 amide bonds. The second-order valence-corrected chi connectivity index (χ2v) is 12.0. The second kappa shape index (κ2) is 17.7. The molecule has 0 spiro atoms. The minimum atomic E-state index is 0.624. The Balaban J connectivity index is 1.34. The monoisotopic (exact) mass is 504 g/mol. The number of rotatable bonds is 18. The lowest BCUT2D eigenvalue weighted by atomic mass is 9.77. The summed E-state index contributed by atoms with van der Waals surface area (Å²) in [5.74, 6) is 3.36. The molecule has 0 aromatic heterocycles. The predicted molar refractivity (Wildman–Crippen MR) is 163 cm³/mol. The van der Waals surface area contributed by atoms with E-state index in [-0.39, 0.29) is 0 Å². The SMILES string of the molecule is CCCCCCCCCCC1CCC(c2ccc(-c3ccc(OCC(C)CCCCC)cc3)cc2)CC1. The van der Waals surface area contributed by atoms with Crippen LogP contribution in [0.2, 0.25) is 0 Å². The zero-order valence-corrected chi connectivity index (χ0v) is 24.5. The minimum Gasteiger partial charge on any atom is -0.493 e. The molecule has 37 heavy (non-hydrogen) atoms. The number of hydrogen-bond donors (Lipinski definition) is 0. The van der Waals surface area contributed by atoms with Crippen LogP contribution in [0.1, 0.15) is 141 Å². The van der Waals surface area contributed by atoms with Crippen LogP contribution in [0.3, 0.4) is 0 Å². The van der Waals surface area contributed by atoms with Crippen LogP contribution in [0, 0.1) is 11.8 Å². The first-order valence-electron chi connectivity index (χ1n) is 16.0. The van der Waals surface area contributed by atoms with Crippen molar-refractivity contribution in [2.45, 2.75) is 136 Å². The van der Waals surface area contributed by atoms with Gasteiger partial charge in [0.2, 0.25) is 0 Å². The highest BCUT2D eigenvalue weighted by Gasteiger charge is 2.22. The molecule has 1 aliphatic carbocycles. The van der Waals surface area contributed by atoms with Gasteiger partial charge in [-0.05, 0) is 78.7 Å². The maximum absolute atomic E-state index is 6.05. The van der Waals surface area contributed by atoms with Crippen LogP contribution in [0.25, 0.3) is 11.1 Å². The molecular weight excluding hydrogens is 448 g/mol. The van der Waals surface area contributed by atoms with Gasteiger partial charge in [-0.3, -0.25) is 0 Å². The topological polar surface area (TPSA) is 9.23 Å². The molecule has 1 saturated carbocycles. The Morgan fingerprint density at radius 2 is 1.19 bits per heavy atom. The fraction of sp³-hybridized carbons (Fsp3) is 0.667. The highest BCUT2D eigenvalue weighted by atomic mass is 16.5. The van der Waals surface area contributed by atoms with E-state index in [4.69, 9.17) is 4.74 Å². The number of benzene rings is 2. The molecule has 1 nitrogen and oxygen atoms in total. The fourth-order valence-electron chi connectivity index (χ4n) is 6.11. The van der Waals surface area contributed by atoms with E-state index in [0.29, 0.717) is 5.92 Å². The first-order chi connectivity index (χ1) is 18.2. The normalized spacial score (nSPS) is 18.6. The van der Waals surface area contributed by atoms with Crippen molar-refractivity contribution in [3.8, 4) is 16.9 Å². The number of unbranched alkanes of at least 4 members (excludes halogenated alkanes) is 9. The molecule has 206 valence electrons. The third-order valence-electron chi connectivity index (χ3n) is 8.72. The van der Waals surface area contributed by atoms with Gasteiger partial charge >= 0.3 is 0 Å². The van der Waals surface area contributed by atoms with Crippen molar-refractivity contribution < 1.29 is 4.74 Å². The first-order valence-corrected chi connectivity index (χ1v) is 16.0. The van der Waals surface area contributed by atoms with Crippen LogP contribution in [-0.2, 0) is 0 Å². The Hall–Kier alpha value is -1.76. The second-order valence-electron chi connectivity index (χ2n) is 12.0. The Bertz CT molecular complexity index is 813. The van der Waals surface area contributed by atoms with Gasteiger partial charge in [-0.25, -0.2) is 0 Å². The van der Waals surface area contributed by atoms with Crippen molar-refractivity contribution in [3.05, 3.63) is 54.1 Å². The molecule has 0 heterocycles. The average molecular weight is 505 g/mol. The van der Waals surface area contributed by atoms with Crippen LogP contribution in [0.5, 0.6) is 5.75 Å². The number of ether oxygens (including phenoxy) is 1. The molecule has 0 bridgehead atoms. The van der Waals surface area contributed by atoms with Gasteiger partial charge in [-0.15, -0.1) is 0 Å².